The van der Waals surface area contributed by atoms with Crippen LogP contribution >= 0.6 is 11.3 Å². The number of anilines is 1. The van der Waals surface area contributed by atoms with E-state index in [9.17, 15) is 9.59 Å². The van der Waals surface area contributed by atoms with Gasteiger partial charge in [-0.15, -0.1) is 11.3 Å². The molecule has 1 amide bonds. The van der Waals surface area contributed by atoms with Gasteiger partial charge in [0.25, 0.3) is 5.91 Å². The van der Waals surface area contributed by atoms with Crippen LogP contribution in [0.25, 0.3) is 0 Å². The molecule has 0 atom stereocenters. The topological polar surface area (TPSA) is 103 Å². The number of benzene rings is 1. The standard InChI is InChI=1S/C15H9N3O3S/c16-7-10-1-3-11(4-2-10)15(20)21-9-13(19)18-14-12(8-17)5-6-22-14/h1-6H,9H2,(H,18,19). The number of amides is 1. The smallest absolute Gasteiger partial charge is 0.338 e. The van der Waals surface area contributed by atoms with Crippen molar-refractivity contribution in [2.45, 2.75) is 0 Å². The van der Waals surface area contributed by atoms with E-state index >= 15 is 0 Å². The van der Waals surface area contributed by atoms with E-state index in [-0.39, 0.29) is 5.56 Å². The number of thiophene rings is 1. The third-order valence-corrected chi connectivity index (χ3v) is 3.45. The average Bonchev–Trinajstić information content (AvgIpc) is 2.99. The maximum absolute atomic E-state index is 11.7. The number of ether oxygens (including phenoxy) is 1. The zero-order valence-electron chi connectivity index (χ0n) is 11.2. The van der Waals surface area contributed by atoms with Crippen molar-refractivity contribution in [1.82, 2.24) is 0 Å². The Morgan fingerprint density at radius 2 is 1.86 bits per heavy atom. The third kappa shape index (κ3) is 3.69. The van der Waals surface area contributed by atoms with Crippen molar-refractivity contribution in [2.24, 2.45) is 0 Å². The minimum absolute atomic E-state index is 0.251. The largest absolute Gasteiger partial charge is 0.452 e. The van der Waals surface area contributed by atoms with E-state index in [4.69, 9.17) is 15.3 Å². The first kappa shape index (κ1) is 15.2. The van der Waals surface area contributed by atoms with E-state index in [2.05, 4.69) is 5.32 Å². The average molecular weight is 311 g/mol. The van der Waals surface area contributed by atoms with Crippen LogP contribution in [-0.4, -0.2) is 18.5 Å². The lowest BCUT2D eigenvalue weighted by molar-refractivity contribution is -0.119. The van der Waals surface area contributed by atoms with Crippen LogP contribution in [0.15, 0.2) is 35.7 Å². The normalized spacial score (nSPS) is 9.36. The first-order valence-corrected chi connectivity index (χ1v) is 6.96. The van der Waals surface area contributed by atoms with Gasteiger partial charge in [0.15, 0.2) is 6.61 Å². The summed E-state index contributed by atoms with van der Waals surface area (Å²) >= 11 is 1.21. The molecule has 108 valence electrons. The highest BCUT2D eigenvalue weighted by atomic mass is 32.1. The Morgan fingerprint density at radius 1 is 1.14 bits per heavy atom. The Hall–Kier alpha value is -3.16. The fourth-order valence-electron chi connectivity index (χ4n) is 1.55. The van der Waals surface area contributed by atoms with Gasteiger partial charge >= 0.3 is 5.97 Å². The van der Waals surface area contributed by atoms with Gasteiger partial charge in [0, 0.05) is 0 Å². The van der Waals surface area contributed by atoms with Gasteiger partial charge in [-0.25, -0.2) is 4.79 Å². The SMILES string of the molecule is N#Cc1ccc(C(=O)OCC(=O)Nc2sccc2C#N)cc1. The summed E-state index contributed by atoms with van der Waals surface area (Å²) in [7, 11) is 0. The number of nitriles is 2. The number of carbonyl (C=O) groups excluding carboxylic acids is 2. The molecule has 1 aromatic heterocycles. The Morgan fingerprint density at radius 3 is 2.50 bits per heavy atom. The molecule has 0 saturated heterocycles. The molecule has 2 rings (SSSR count). The van der Waals surface area contributed by atoms with Crippen molar-refractivity contribution >= 4 is 28.2 Å². The molecular formula is C15H9N3O3S. The van der Waals surface area contributed by atoms with Gasteiger partial charge in [0.05, 0.1) is 22.8 Å². The van der Waals surface area contributed by atoms with E-state index < -0.39 is 18.5 Å². The molecule has 0 bridgehead atoms. The van der Waals surface area contributed by atoms with Crippen LogP contribution in [0.4, 0.5) is 5.00 Å². The quantitative estimate of drug-likeness (QED) is 0.872. The minimum Gasteiger partial charge on any atom is -0.452 e. The van der Waals surface area contributed by atoms with Crippen molar-refractivity contribution in [3.8, 4) is 12.1 Å². The van der Waals surface area contributed by atoms with Gasteiger partial charge in [-0.05, 0) is 35.7 Å². The number of rotatable bonds is 4. The molecule has 2 aromatic rings. The molecule has 0 fully saturated rings. The monoisotopic (exact) mass is 311 g/mol. The van der Waals surface area contributed by atoms with Crippen molar-refractivity contribution in [1.29, 1.82) is 10.5 Å². The molecule has 22 heavy (non-hydrogen) atoms. The van der Waals surface area contributed by atoms with E-state index in [1.54, 1.807) is 11.4 Å². The molecule has 1 N–H and O–H groups in total. The number of esters is 1. The first-order valence-electron chi connectivity index (χ1n) is 6.09. The predicted molar refractivity (Wildman–Crippen MR) is 79.1 cm³/mol. The lowest BCUT2D eigenvalue weighted by atomic mass is 10.1. The zero-order valence-corrected chi connectivity index (χ0v) is 12.0. The van der Waals surface area contributed by atoms with Gasteiger partial charge in [0.1, 0.15) is 11.1 Å². The fourth-order valence-corrected chi connectivity index (χ4v) is 2.31. The Balaban J connectivity index is 1.89. The van der Waals surface area contributed by atoms with Gasteiger partial charge < -0.3 is 10.1 Å². The van der Waals surface area contributed by atoms with Gasteiger partial charge in [-0.2, -0.15) is 10.5 Å². The van der Waals surface area contributed by atoms with Crippen molar-refractivity contribution in [2.75, 3.05) is 11.9 Å². The summed E-state index contributed by atoms with van der Waals surface area (Å²) in [5, 5.41) is 22.1. The van der Waals surface area contributed by atoms with Gasteiger partial charge in [0.2, 0.25) is 0 Å². The molecule has 0 unspecified atom stereocenters. The minimum atomic E-state index is -0.661. The van der Waals surface area contributed by atoms with E-state index in [1.165, 1.54) is 35.6 Å². The zero-order chi connectivity index (χ0) is 15.9. The van der Waals surface area contributed by atoms with Crippen LogP contribution in [-0.2, 0) is 9.53 Å². The van der Waals surface area contributed by atoms with Crippen LogP contribution in [0.1, 0.15) is 21.5 Å². The predicted octanol–water partition coefficient (Wildman–Crippen LogP) is 2.29. The number of carbonyl (C=O) groups is 2. The summed E-state index contributed by atoms with van der Waals surface area (Å²) in [5.74, 6) is -1.19. The molecule has 1 heterocycles. The van der Waals surface area contributed by atoms with Crippen LogP contribution in [0.2, 0.25) is 0 Å². The van der Waals surface area contributed by atoms with Crippen LogP contribution < -0.4 is 5.32 Å². The summed E-state index contributed by atoms with van der Waals surface area (Å²) in [5.41, 5.74) is 1.04. The molecule has 0 aliphatic rings. The van der Waals surface area contributed by atoms with Crippen LogP contribution in [0, 0.1) is 22.7 Å². The van der Waals surface area contributed by atoms with Gasteiger partial charge in [-0.1, -0.05) is 0 Å². The molecule has 0 spiro atoms. The van der Waals surface area contributed by atoms with Crippen molar-refractivity contribution in [3.63, 3.8) is 0 Å². The number of nitrogens with zero attached hydrogens (tertiary/aromatic N) is 2. The molecular weight excluding hydrogens is 302 g/mol. The van der Waals surface area contributed by atoms with Crippen LogP contribution in [0.3, 0.4) is 0 Å². The van der Waals surface area contributed by atoms with Gasteiger partial charge in [-0.3, -0.25) is 4.79 Å². The van der Waals surface area contributed by atoms with Crippen LogP contribution in [0.5, 0.6) is 0 Å². The van der Waals surface area contributed by atoms with E-state index in [0.717, 1.165) is 0 Å². The summed E-state index contributed by atoms with van der Waals surface area (Å²) in [6.07, 6.45) is 0. The summed E-state index contributed by atoms with van der Waals surface area (Å²) < 4.78 is 4.87. The molecule has 0 radical (unpaired) electrons. The Kier molecular flexibility index (Phi) is 4.86. The highest BCUT2D eigenvalue weighted by Crippen LogP contribution is 2.21. The second-order valence-electron chi connectivity index (χ2n) is 4.09. The lowest BCUT2D eigenvalue weighted by Gasteiger charge is -2.05. The third-order valence-electron chi connectivity index (χ3n) is 2.62. The maximum Gasteiger partial charge on any atom is 0.338 e. The molecule has 0 saturated carbocycles. The molecule has 0 aliphatic carbocycles. The Labute approximate surface area is 130 Å². The highest BCUT2D eigenvalue weighted by Gasteiger charge is 2.12. The summed E-state index contributed by atoms with van der Waals surface area (Å²) in [6.45, 7) is -0.457. The van der Waals surface area contributed by atoms with Crippen molar-refractivity contribution in [3.05, 3.63) is 52.4 Å². The van der Waals surface area contributed by atoms with E-state index in [1.807, 2.05) is 12.1 Å². The summed E-state index contributed by atoms with van der Waals surface area (Å²) in [6, 6.07) is 11.3. The molecule has 0 aliphatic heterocycles. The van der Waals surface area contributed by atoms with E-state index in [0.29, 0.717) is 16.1 Å². The number of hydrogen-bond donors (Lipinski definition) is 1. The highest BCUT2D eigenvalue weighted by molar-refractivity contribution is 7.14. The second-order valence-corrected chi connectivity index (χ2v) is 5.00. The van der Waals surface area contributed by atoms with Crippen molar-refractivity contribution < 1.29 is 14.3 Å². The second kappa shape index (κ2) is 7.02. The number of nitrogens with one attached hydrogen (secondary N) is 1. The number of hydrogen-bond acceptors (Lipinski definition) is 6. The summed E-state index contributed by atoms with van der Waals surface area (Å²) in [4.78, 5) is 23.4. The Bertz CT molecular complexity index is 782. The molecule has 1 aromatic carbocycles. The maximum atomic E-state index is 11.7. The molecule has 7 heteroatoms. The lowest BCUT2D eigenvalue weighted by Crippen LogP contribution is -2.20. The molecule has 6 nitrogen and oxygen atoms in total. The fraction of sp³-hybridized carbons (Fsp3) is 0.0667. The first-order chi connectivity index (χ1) is 10.6.